The Morgan fingerprint density at radius 1 is 1.22 bits per heavy atom. The van der Waals surface area contributed by atoms with Crippen LogP contribution < -0.4 is 4.31 Å². The van der Waals surface area contributed by atoms with Gasteiger partial charge in [-0.25, -0.2) is 8.42 Å². The average molecular weight is 449 g/mol. The minimum Gasteiger partial charge on any atom is -0.295 e. The van der Waals surface area contributed by atoms with Crippen molar-refractivity contribution in [3.63, 3.8) is 0 Å². The van der Waals surface area contributed by atoms with Gasteiger partial charge in [0.2, 0.25) is 10.0 Å². The van der Waals surface area contributed by atoms with Gasteiger partial charge in [0.05, 0.1) is 11.4 Å². The van der Waals surface area contributed by atoms with Gasteiger partial charge in [0, 0.05) is 23.6 Å². The van der Waals surface area contributed by atoms with Gasteiger partial charge in [-0.15, -0.1) is 0 Å². The molecule has 1 saturated heterocycles. The van der Waals surface area contributed by atoms with Crippen LogP contribution in [-0.2, 0) is 23.0 Å². The molecule has 2 aromatic rings. The molecule has 2 aromatic carbocycles. The van der Waals surface area contributed by atoms with Crippen molar-refractivity contribution in [3.05, 3.63) is 63.6 Å². The highest BCUT2D eigenvalue weighted by molar-refractivity contribution is 9.10. The van der Waals surface area contributed by atoms with Crippen LogP contribution in [-0.4, -0.2) is 32.7 Å². The lowest BCUT2D eigenvalue weighted by Gasteiger charge is -2.26. The van der Waals surface area contributed by atoms with Gasteiger partial charge in [-0.2, -0.15) is 0 Å². The molecule has 2 atom stereocenters. The lowest BCUT2D eigenvalue weighted by Crippen LogP contribution is -2.26. The summed E-state index contributed by atoms with van der Waals surface area (Å²) in [6.07, 6.45) is 2.21. The molecule has 0 saturated carbocycles. The van der Waals surface area contributed by atoms with Crippen LogP contribution in [0.4, 0.5) is 5.69 Å². The number of sulfonamides is 1. The van der Waals surface area contributed by atoms with Gasteiger partial charge < -0.3 is 0 Å². The maximum absolute atomic E-state index is 12.4. The van der Waals surface area contributed by atoms with E-state index in [1.165, 1.54) is 15.6 Å². The van der Waals surface area contributed by atoms with Gasteiger partial charge in [-0.05, 0) is 60.7 Å². The van der Waals surface area contributed by atoms with Crippen LogP contribution in [0, 0.1) is 5.92 Å². The van der Waals surface area contributed by atoms with Crippen molar-refractivity contribution in [3.8, 4) is 0 Å². The highest BCUT2D eigenvalue weighted by atomic mass is 79.9. The number of rotatable bonds is 4. The predicted molar refractivity (Wildman–Crippen MR) is 113 cm³/mol. The van der Waals surface area contributed by atoms with Gasteiger partial charge in [0.15, 0.2) is 0 Å². The number of halogens is 1. The molecule has 0 bridgehead atoms. The summed E-state index contributed by atoms with van der Waals surface area (Å²) < 4.78 is 27.6. The summed E-state index contributed by atoms with van der Waals surface area (Å²) in [6, 6.07) is 14.8. The van der Waals surface area contributed by atoms with E-state index in [0.29, 0.717) is 12.6 Å². The highest BCUT2D eigenvalue weighted by Gasteiger charge is 2.34. The molecule has 4 rings (SSSR count). The Bertz CT molecular complexity index is 960. The van der Waals surface area contributed by atoms with Crippen LogP contribution >= 0.6 is 15.9 Å². The summed E-state index contributed by atoms with van der Waals surface area (Å²) in [7, 11) is -1.03. The van der Waals surface area contributed by atoms with Crippen molar-refractivity contribution in [2.45, 2.75) is 32.4 Å². The van der Waals surface area contributed by atoms with Crippen molar-refractivity contribution < 1.29 is 8.42 Å². The molecule has 1 heterocycles. The Hall–Kier alpha value is -1.37. The molecule has 1 fully saturated rings. The van der Waals surface area contributed by atoms with Crippen LogP contribution in [0.5, 0.6) is 0 Å². The Morgan fingerprint density at radius 2 is 2.00 bits per heavy atom. The molecule has 0 radical (unpaired) electrons. The van der Waals surface area contributed by atoms with Crippen molar-refractivity contribution in [1.82, 2.24) is 4.90 Å². The summed E-state index contributed by atoms with van der Waals surface area (Å²) in [5.41, 5.74) is 4.76. The van der Waals surface area contributed by atoms with Crippen LogP contribution in [0.15, 0.2) is 46.9 Å². The van der Waals surface area contributed by atoms with Gasteiger partial charge >= 0.3 is 0 Å². The minimum atomic E-state index is -3.18. The Morgan fingerprint density at radius 3 is 2.74 bits per heavy atom. The molecule has 2 aliphatic rings. The Balaban J connectivity index is 1.54. The number of fused-ring (bicyclic) bond motifs is 1. The van der Waals surface area contributed by atoms with Crippen LogP contribution in [0.2, 0.25) is 0 Å². The maximum atomic E-state index is 12.4. The van der Waals surface area contributed by atoms with Crippen molar-refractivity contribution in [2.75, 3.05) is 23.7 Å². The zero-order chi connectivity index (χ0) is 19.2. The fourth-order valence-electron chi connectivity index (χ4n) is 4.42. The Labute approximate surface area is 170 Å². The normalized spacial score (nSPS) is 23.8. The second-order valence-electron chi connectivity index (χ2n) is 7.86. The zero-order valence-electron chi connectivity index (χ0n) is 15.7. The first-order valence-electron chi connectivity index (χ1n) is 9.42. The molecule has 2 unspecified atom stereocenters. The quantitative estimate of drug-likeness (QED) is 0.697. The first kappa shape index (κ1) is 19.0. The fraction of sp³-hybridized carbons (Fsp3) is 0.429. The SMILES string of the molecule is CC1CN(c2cccc(CN(C)C3CCc4c(Br)cccc43)c2)S(=O)(=O)C1. The largest absolute Gasteiger partial charge is 0.295 e. The van der Waals surface area contributed by atoms with E-state index in [2.05, 4.69) is 52.1 Å². The molecule has 0 aromatic heterocycles. The van der Waals surface area contributed by atoms with Crippen LogP contribution in [0.3, 0.4) is 0 Å². The van der Waals surface area contributed by atoms with E-state index < -0.39 is 10.0 Å². The van der Waals surface area contributed by atoms with Crippen LogP contribution in [0.25, 0.3) is 0 Å². The maximum Gasteiger partial charge on any atom is 0.235 e. The fourth-order valence-corrected chi connectivity index (χ4v) is 6.92. The highest BCUT2D eigenvalue weighted by Crippen LogP contribution is 2.39. The summed E-state index contributed by atoms with van der Waals surface area (Å²) in [4.78, 5) is 2.37. The number of anilines is 1. The van der Waals surface area contributed by atoms with Crippen LogP contribution in [0.1, 0.15) is 36.1 Å². The Kier molecular flexibility index (Phi) is 5.08. The van der Waals surface area contributed by atoms with E-state index in [-0.39, 0.29) is 11.7 Å². The molecule has 4 nitrogen and oxygen atoms in total. The minimum absolute atomic E-state index is 0.176. The van der Waals surface area contributed by atoms with Gasteiger partial charge in [0.25, 0.3) is 0 Å². The first-order valence-corrected chi connectivity index (χ1v) is 11.8. The second kappa shape index (κ2) is 7.22. The first-order chi connectivity index (χ1) is 12.8. The van der Waals surface area contributed by atoms with Crippen molar-refractivity contribution in [1.29, 1.82) is 0 Å². The van der Waals surface area contributed by atoms with E-state index in [4.69, 9.17) is 0 Å². The summed E-state index contributed by atoms with van der Waals surface area (Å²) in [6.45, 7) is 3.37. The summed E-state index contributed by atoms with van der Waals surface area (Å²) in [5.74, 6) is 0.417. The second-order valence-corrected chi connectivity index (χ2v) is 10.7. The topological polar surface area (TPSA) is 40.6 Å². The number of hydrogen-bond acceptors (Lipinski definition) is 3. The van der Waals surface area contributed by atoms with Gasteiger partial charge in [-0.3, -0.25) is 9.21 Å². The molecule has 27 heavy (non-hydrogen) atoms. The number of benzene rings is 2. The smallest absolute Gasteiger partial charge is 0.235 e. The van der Waals surface area contributed by atoms with Gasteiger partial charge in [-0.1, -0.05) is 47.1 Å². The van der Waals surface area contributed by atoms with E-state index in [9.17, 15) is 8.42 Å². The third-order valence-corrected chi connectivity index (χ3v) is 8.42. The van der Waals surface area contributed by atoms with E-state index >= 15 is 0 Å². The molecule has 0 N–H and O–H groups in total. The third kappa shape index (κ3) is 3.67. The third-order valence-electron chi connectivity index (χ3n) is 5.65. The van der Waals surface area contributed by atoms with E-state index in [1.807, 2.05) is 25.1 Å². The monoisotopic (exact) mass is 448 g/mol. The van der Waals surface area contributed by atoms with E-state index in [0.717, 1.165) is 30.6 Å². The van der Waals surface area contributed by atoms with Crippen molar-refractivity contribution in [2.24, 2.45) is 5.92 Å². The zero-order valence-corrected chi connectivity index (χ0v) is 18.1. The molecule has 0 amide bonds. The standard InChI is InChI=1S/C21H25BrN2O2S/c1-15-12-24(27(25,26)14-15)17-6-3-5-16(11-17)13-23(2)21-10-9-18-19(21)7-4-8-20(18)22/h3-8,11,15,21H,9-10,12-14H2,1-2H3. The molecule has 0 spiro atoms. The van der Waals surface area contributed by atoms with E-state index in [1.54, 1.807) is 4.31 Å². The van der Waals surface area contributed by atoms with Gasteiger partial charge in [0.1, 0.15) is 0 Å². The lowest BCUT2D eigenvalue weighted by molar-refractivity contribution is 0.236. The predicted octanol–water partition coefficient (Wildman–Crippen LogP) is 4.35. The molecule has 144 valence electrons. The van der Waals surface area contributed by atoms with Crippen molar-refractivity contribution >= 4 is 31.6 Å². The molecular formula is C21H25BrN2O2S. The lowest BCUT2D eigenvalue weighted by atomic mass is 10.1. The molecule has 6 heteroatoms. The number of hydrogen-bond donors (Lipinski definition) is 0. The molecule has 1 aliphatic carbocycles. The summed E-state index contributed by atoms with van der Waals surface area (Å²) >= 11 is 3.67. The average Bonchev–Trinajstić information content (AvgIpc) is 3.16. The molecular weight excluding hydrogens is 424 g/mol. The number of nitrogens with zero attached hydrogens (tertiary/aromatic N) is 2. The molecule has 1 aliphatic heterocycles. The summed E-state index contributed by atoms with van der Waals surface area (Å²) in [5, 5.41) is 0.